The summed E-state index contributed by atoms with van der Waals surface area (Å²) >= 11 is 0. The number of nitrogens with zero attached hydrogens (tertiary/aromatic N) is 2. The lowest BCUT2D eigenvalue weighted by molar-refractivity contribution is -0.121. The number of morpholine rings is 1. The number of nitrogens with one attached hydrogen (secondary N) is 1. The van der Waals surface area contributed by atoms with Crippen LogP contribution in [0, 0.1) is 0 Å². The second-order valence-electron chi connectivity index (χ2n) is 6.85. The zero-order chi connectivity index (χ0) is 19.9. The van der Waals surface area contributed by atoms with Crippen LogP contribution in [0.3, 0.4) is 0 Å². The second kappa shape index (κ2) is 10.1. The van der Waals surface area contributed by atoms with E-state index in [1.165, 1.54) is 4.31 Å². The molecule has 1 amide bonds. The monoisotopic (exact) mass is 397 g/mol. The van der Waals surface area contributed by atoms with Crippen molar-refractivity contribution in [3.63, 3.8) is 0 Å². The van der Waals surface area contributed by atoms with Crippen molar-refractivity contribution in [1.82, 2.24) is 10.2 Å². The quantitative estimate of drug-likeness (QED) is 0.635. The number of benzene rings is 1. The van der Waals surface area contributed by atoms with E-state index in [0.717, 1.165) is 57.5 Å². The minimum Gasteiger partial charge on any atom is -0.379 e. The molecule has 1 heterocycles. The number of anilines is 1. The van der Waals surface area contributed by atoms with Gasteiger partial charge in [0.2, 0.25) is 15.9 Å². The summed E-state index contributed by atoms with van der Waals surface area (Å²) in [6.45, 7) is 8.41. The van der Waals surface area contributed by atoms with Crippen LogP contribution in [-0.2, 0) is 26.0 Å². The molecule has 27 heavy (non-hydrogen) atoms. The average Bonchev–Trinajstić information content (AvgIpc) is 2.65. The molecule has 1 aliphatic heterocycles. The topological polar surface area (TPSA) is 79.0 Å². The molecule has 1 aromatic rings. The SMILES string of the molecule is CCc1ccc(N([C@@H](C)C(=O)NCCCN2CCOCC2)S(C)(=O)=O)cc1. The summed E-state index contributed by atoms with van der Waals surface area (Å²) in [5.41, 5.74) is 1.62. The molecule has 0 bridgehead atoms. The van der Waals surface area contributed by atoms with Crippen LogP contribution in [0.2, 0.25) is 0 Å². The lowest BCUT2D eigenvalue weighted by atomic mass is 10.1. The van der Waals surface area contributed by atoms with Gasteiger partial charge < -0.3 is 10.1 Å². The van der Waals surface area contributed by atoms with Crippen molar-refractivity contribution < 1.29 is 17.9 Å². The van der Waals surface area contributed by atoms with Crippen molar-refractivity contribution in [2.45, 2.75) is 32.7 Å². The number of amides is 1. The Hall–Kier alpha value is -1.64. The zero-order valence-electron chi connectivity index (χ0n) is 16.5. The van der Waals surface area contributed by atoms with Gasteiger partial charge in [-0.1, -0.05) is 19.1 Å². The highest BCUT2D eigenvalue weighted by Crippen LogP contribution is 2.21. The van der Waals surface area contributed by atoms with E-state index in [1.54, 1.807) is 19.1 Å². The van der Waals surface area contributed by atoms with Crippen LogP contribution in [-0.4, -0.2) is 70.9 Å². The molecule has 0 saturated carbocycles. The summed E-state index contributed by atoms with van der Waals surface area (Å²) in [6.07, 6.45) is 2.82. The fourth-order valence-electron chi connectivity index (χ4n) is 3.17. The van der Waals surface area contributed by atoms with Gasteiger partial charge in [0.25, 0.3) is 0 Å². The molecule has 0 radical (unpaired) electrons. The van der Waals surface area contributed by atoms with Crippen molar-refractivity contribution >= 4 is 21.6 Å². The molecule has 7 nitrogen and oxygen atoms in total. The Morgan fingerprint density at radius 3 is 2.44 bits per heavy atom. The average molecular weight is 398 g/mol. The van der Waals surface area contributed by atoms with E-state index in [1.807, 2.05) is 19.1 Å². The molecule has 0 aromatic heterocycles. The van der Waals surface area contributed by atoms with Crippen LogP contribution in [0.15, 0.2) is 24.3 Å². The van der Waals surface area contributed by atoms with E-state index in [4.69, 9.17) is 4.74 Å². The standard InChI is InChI=1S/C19H31N3O4S/c1-4-17-6-8-18(9-7-17)22(27(3,24)25)16(2)19(23)20-10-5-11-21-12-14-26-15-13-21/h6-9,16H,4-5,10-15H2,1-3H3,(H,20,23)/t16-/m0/s1. The van der Waals surface area contributed by atoms with E-state index >= 15 is 0 Å². The Morgan fingerprint density at radius 1 is 1.26 bits per heavy atom. The van der Waals surface area contributed by atoms with Crippen LogP contribution in [0.5, 0.6) is 0 Å². The summed E-state index contributed by atoms with van der Waals surface area (Å²) in [7, 11) is -3.58. The van der Waals surface area contributed by atoms with Gasteiger partial charge in [-0.15, -0.1) is 0 Å². The summed E-state index contributed by atoms with van der Waals surface area (Å²) in [5, 5.41) is 2.86. The molecular formula is C19H31N3O4S. The van der Waals surface area contributed by atoms with Gasteiger partial charge in [-0.2, -0.15) is 0 Å². The molecule has 1 saturated heterocycles. The molecule has 152 valence electrons. The third-order valence-electron chi connectivity index (χ3n) is 4.74. The number of hydrogen-bond acceptors (Lipinski definition) is 5. The maximum Gasteiger partial charge on any atom is 0.243 e. The van der Waals surface area contributed by atoms with Crippen molar-refractivity contribution in [2.75, 3.05) is 50.0 Å². The first kappa shape index (κ1) is 21.7. The van der Waals surface area contributed by atoms with E-state index in [2.05, 4.69) is 10.2 Å². The molecule has 0 spiro atoms. The van der Waals surface area contributed by atoms with E-state index in [9.17, 15) is 13.2 Å². The smallest absolute Gasteiger partial charge is 0.243 e. The van der Waals surface area contributed by atoms with Gasteiger partial charge in [0.1, 0.15) is 6.04 Å². The number of hydrogen-bond donors (Lipinski definition) is 1. The Morgan fingerprint density at radius 2 is 1.89 bits per heavy atom. The van der Waals surface area contributed by atoms with E-state index < -0.39 is 16.1 Å². The molecule has 8 heteroatoms. The number of carbonyl (C=O) groups excluding carboxylic acids is 1. The van der Waals surface area contributed by atoms with Gasteiger partial charge in [0.05, 0.1) is 25.2 Å². The summed E-state index contributed by atoms with van der Waals surface area (Å²) in [4.78, 5) is 14.8. The normalized spacial score (nSPS) is 16.7. The van der Waals surface area contributed by atoms with Crippen molar-refractivity contribution in [2.24, 2.45) is 0 Å². The third kappa shape index (κ3) is 6.48. The first-order valence-corrected chi connectivity index (χ1v) is 11.3. The summed E-state index contributed by atoms with van der Waals surface area (Å²) in [6, 6.07) is 6.47. The predicted octanol–water partition coefficient (Wildman–Crippen LogP) is 1.24. The van der Waals surface area contributed by atoms with Crippen LogP contribution in [0.4, 0.5) is 5.69 Å². The second-order valence-corrected chi connectivity index (χ2v) is 8.71. The van der Waals surface area contributed by atoms with Crippen LogP contribution >= 0.6 is 0 Å². The van der Waals surface area contributed by atoms with Gasteiger partial charge in [0.15, 0.2) is 0 Å². The number of ether oxygens (including phenoxy) is 1. The fourth-order valence-corrected chi connectivity index (χ4v) is 4.35. The number of aryl methyl sites for hydroxylation is 1. The van der Waals surface area contributed by atoms with Gasteiger partial charge in [-0.05, 0) is 44.0 Å². The third-order valence-corrected chi connectivity index (χ3v) is 5.98. The number of sulfonamides is 1. The van der Waals surface area contributed by atoms with E-state index in [-0.39, 0.29) is 5.91 Å². The highest BCUT2D eigenvalue weighted by Gasteiger charge is 2.28. The Bertz CT molecular complexity index is 700. The van der Waals surface area contributed by atoms with E-state index in [0.29, 0.717) is 12.2 Å². The highest BCUT2D eigenvalue weighted by molar-refractivity contribution is 7.92. The molecule has 0 aliphatic carbocycles. The fraction of sp³-hybridized carbons (Fsp3) is 0.632. The summed E-state index contributed by atoms with van der Waals surface area (Å²) in [5.74, 6) is -0.290. The van der Waals surface area contributed by atoms with Crippen molar-refractivity contribution in [3.05, 3.63) is 29.8 Å². The van der Waals surface area contributed by atoms with Gasteiger partial charge in [-0.3, -0.25) is 14.0 Å². The Labute approximate surface area is 162 Å². The maximum absolute atomic E-state index is 12.5. The lowest BCUT2D eigenvalue weighted by Crippen LogP contribution is -2.48. The van der Waals surface area contributed by atoms with Gasteiger partial charge in [0, 0.05) is 19.6 Å². The van der Waals surface area contributed by atoms with Crippen LogP contribution in [0.1, 0.15) is 25.8 Å². The first-order chi connectivity index (χ1) is 12.8. The first-order valence-electron chi connectivity index (χ1n) is 9.49. The largest absolute Gasteiger partial charge is 0.379 e. The van der Waals surface area contributed by atoms with Crippen molar-refractivity contribution in [3.8, 4) is 0 Å². The number of rotatable bonds is 9. The molecule has 1 atom stereocenters. The molecule has 1 N–H and O–H groups in total. The summed E-state index contributed by atoms with van der Waals surface area (Å²) < 4.78 is 31.1. The Balaban J connectivity index is 1.93. The molecule has 1 aliphatic rings. The number of carbonyl (C=O) groups is 1. The molecule has 2 rings (SSSR count). The van der Waals surface area contributed by atoms with Gasteiger partial charge >= 0.3 is 0 Å². The molecular weight excluding hydrogens is 366 g/mol. The predicted molar refractivity (Wildman–Crippen MR) is 107 cm³/mol. The van der Waals surface area contributed by atoms with Gasteiger partial charge in [-0.25, -0.2) is 8.42 Å². The minimum absolute atomic E-state index is 0.290. The van der Waals surface area contributed by atoms with Crippen LogP contribution in [0.25, 0.3) is 0 Å². The zero-order valence-corrected chi connectivity index (χ0v) is 17.3. The molecule has 1 aromatic carbocycles. The molecule has 0 unspecified atom stereocenters. The molecule has 1 fully saturated rings. The lowest BCUT2D eigenvalue weighted by Gasteiger charge is -2.29. The Kier molecular flexibility index (Phi) is 8.07. The maximum atomic E-state index is 12.5. The van der Waals surface area contributed by atoms with Crippen LogP contribution < -0.4 is 9.62 Å². The highest BCUT2D eigenvalue weighted by atomic mass is 32.2. The van der Waals surface area contributed by atoms with Crippen molar-refractivity contribution in [1.29, 1.82) is 0 Å². The minimum atomic E-state index is -3.58.